The molecule has 0 N–H and O–H groups in total. The van der Waals surface area contributed by atoms with Crippen LogP contribution in [-0.2, 0) is 6.42 Å². The Morgan fingerprint density at radius 3 is 2.70 bits per heavy atom. The second-order valence-corrected chi connectivity index (χ2v) is 6.08. The van der Waals surface area contributed by atoms with Gasteiger partial charge < -0.3 is 4.74 Å². The normalized spacial score (nSPS) is 10.9. The maximum absolute atomic E-state index is 6.20. The Bertz CT molecular complexity index is 617. The van der Waals surface area contributed by atoms with Crippen LogP contribution in [0.1, 0.15) is 19.5 Å². The van der Waals surface area contributed by atoms with Gasteiger partial charge in [-0.3, -0.25) is 0 Å². The molecule has 0 amide bonds. The number of ether oxygens (including phenoxy) is 1. The van der Waals surface area contributed by atoms with Gasteiger partial charge in [0.1, 0.15) is 10.9 Å². The first-order valence-electron chi connectivity index (χ1n) is 6.37. The first kappa shape index (κ1) is 15.3. The largest absolute Gasteiger partial charge is 0.497 e. The lowest BCUT2D eigenvalue weighted by Gasteiger charge is -2.10. The molecule has 20 heavy (non-hydrogen) atoms. The lowest BCUT2D eigenvalue weighted by atomic mass is 10.1. The zero-order chi connectivity index (χ0) is 14.7. The molecule has 0 bridgehead atoms. The Morgan fingerprint density at radius 2 is 2.05 bits per heavy atom. The highest BCUT2D eigenvalue weighted by molar-refractivity contribution is 9.10. The summed E-state index contributed by atoms with van der Waals surface area (Å²) in [7, 11) is 1.64. The molecule has 3 nitrogen and oxygen atoms in total. The number of aromatic nitrogens is 2. The molecule has 0 spiro atoms. The van der Waals surface area contributed by atoms with Crippen molar-refractivity contribution in [2.45, 2.75) is 20.3 Å². The van der Waals surface area contributed by atoms with Gasteiger partial charge in [0, 0.05) is 5.56 Å². The van der Waals surface area contributed by atoms with Crippen molar-refractivity contribution in [2.75, 3.05) is 7.11 Å². The van der Waals surface area contributed by atoms with Crippen molar-refractivity contribution in [3.8, 4) is 17.1 Å². The molecular formula is C15H16BrClN2O. The van der Waals surface area contributed by atoms with E-state index >= 15 is 0 Å². The molecule has 5 heteroatoms. The Balaban J connectivity index is 2.48. The van der Waals surface area contributed by atoms with Gasteiger partial charge in [0.15, 0.2) is 5.82 Å². The standard InChI is InChI=1S/C15H16BrClN2O/c1-9(2)7-12-13(16)14(17)19-15(18-12)10-5-4-6-11(8-10)20-3/h4-6,8-9H,7H2,1-3H3. The summed E-state index contributed by atoms with van der Waals surface area (Å²) >= 11 is 9.66. The van der Waals surface area contributed by atoms with Crippen molar-refractivity contribution in [3.63, 3.8) is 0 Å². The molecule has 0 aliphatic carbocycles. The van der Waals surface area contributed by atoms with Gasteiger partial charge in [0.05, 0.1) is 17.3 Å². The number of hydrogen-bond donors (Lipinski definition) is 0. The molecule has 1 heterocycles. The predicted molar refractivity (Wildman–Crippen MR) is 85.3 cm³/mol. The molecule has 0 fully saturated rings. The molecule has 0 unspecified atom stereocenters. The second-order valence-electron chi connectivity index (χ2n) is 4.93. The highest BCUT2D eigenvalue weighted by Gasteiger charge is 2.13. The summed E-state index contributed by atoms with van der Waals surface area (Å²) in [5.41, 5.74) is 1.82. The van der Waals surface area contributed by atoms with Crippen LogP contribution in [0.25, 0.3) is 11.4 Å². The van der Waals surface area contributed by atoms with Gasteiger partial charge >= 0.3 is 0 Å². The Morgan fingerprint density at radius 1 is 1.30 bits per heavy atom. The molecule has 2 aromatic rings. The quantitative estimate of drug-likeness (QED) is 0.741. The van der Waals surface area contributed by atoms with E-state index in [4.69, 9.17) is 16.3 Å². The summed E-state index contributed by atoms with van der Waals surface area (Å²) in [5, 5.41) is 0.438. The summed E-state index contributed by atoms with van der Waals surface area (Å²) in [6.07, 6.45) is 0.847. The van der Waals surface area contributed by atoms with Gasteiger partial charge in [-0.1, -0.05) is 37.6 Å². The summed E-state index contributed by atoms with van der Waals surface area (Å²) in [4.78, 5) is 8.96. The van der Waals surface area contributed by atoms with Gasteiger partial charge in [-0.05, 0) is 40.4 Å². The van der Waals surface area contributed by atoms with Crippen LogP contribution < -0.4 is 4.74 Å². The van der Waals surface area contributed by atoms with Crippen LogP contribution >= 0.6 is 27.5 Å². The van der Waals surface area contributed by atoms with Gasteiger partial charge in [-0.15, -0.1) is 0 Å². The van der Waals surface area contributed by atoms with E-state index in [1.165, 1.54) is 0 Å². The van der Waals surface area contributed by atoms with Crippen LogP contribution in [-0.4, -0.2) is 17.1 Å². The molecule has 0 aliphatic rings. The van der Waals surface area contributed by atoms with Crippen LogP contribution in [0.5, 0.6) is 5.75 Å². The molecule has 1 aromatic carbocycles. The van der Waals surface area contributed by atoms with Crippen LogP contribution in [0, 0.1) is 5.92 Å². The third-order valence-electron chi connectivity index (χ3n) is 2.81. The molecule has 0 aliphatic heterocycles. The third-order valence-corrected chi connectivity index (χ3v) is 4.14. The lowest BCUT2D eigenvalue weighted by Crippen LogP contribution is -2.02. The minimum atomic E-state index is 0.438. The Hall–Kier alpha value is -1.13. The Labute approximate surface area is 132 Å². The van der Waals surface area contributed by atoms with E-state index in [9.17, 15) is 0 Å². The van der Waals surface area contributed by atoms with Gasteiger partial charge in [-0.2, -0.15) is 0 Å². The maximum Gasteiger partial charge on any atom is 0.161 e. The smallest absolute Gasteiger partial charge is 0.161 e. The monoisotopic (exact) mass is 354 g/mol. The average Bonchev–Trinajstić information content (AvgIpc) is 2.43. The van der Waals surface area contributed by atoms with E-state index in [-0.39, 0.29) is 0 Å². The number of benzene rings is 1. The zero-order valence-electron chi connectivity index (χ0n) is 11.7. The Kier molecular flexibility index (Phi) is 5.00. The van der Waals surface area contributed by atoms with Crippen molar-refractivity contribution in [1.29, 1.82) is 0 Å². The van der Waals surface area contributed by atoms with Crippen molar-refractivity contribution in [1.82, 2.24) is 9.97 Å². The summed E-state index contributed by atoms with van der Waals surface area (Å²) in [6, 6.07) is 7.65. The first-order chi connectivity index (χ1) is 9.51. The van der Waals surface area contributed by atoms with Crippen LogP contribution in [0.4, 0.5) is 0 Å². The molecule has 0 atom stereocenters. The van der Waals surface area contributed by atoms with E-state index in [0.717, 1.165) is 27.9 Å². The van der Waals surface area contributed by atoms with Crippen molar-refractivity contribution < 1.29 is 4.74 Å². The molecule has 1 aromatic heterocycles. The summed E-state index contributed by atoms with van der Waals surface area (Å²) < 4.78 is 6.00. The summed E-state index contributed by atoms with van der Waals surface area (Å²) in [5.74, 6) is 1.89. The lowest BCUT2D eigenvalue weighted by molar-refractivity contribution is 0.415. The number of halogens is 2. The number of nitrogens with zero attached hydrogens (tertiary/aromatic N) is 2. The minimum Gasteiger partial charge on any atom is -0.497 e. The topological polar surface area (TPSA) is 35.0 Å². The average molecular weight is 356 g/mol. The third kappa shape index (κ3) is 3.49. The van der Waals surface area contributed by atoms with Gasteiger partial charge in [0.25, 0.3) is 0 Å². The fourth-order valence-electron chi connectivity index (χ4n) is 1.88. The van der Waals surface area contributed by atoms with Gasteiger partial charge in [-0.25, -0.2) is 9.97 Å². The first-order valence-corrected chi connectivity index (χ1v) is 7.54. The fourth-order valence-corrected chi connectivity index (χ4v) is 2.40. The van der Waals surface area contributed by atoms with E-state index < -0.39 is 0 Å². The highest BCUT2D eigenvalue weighted by Crippen LogP contribution is 2.29. The van der Waals surface area contributed by atoms with E-state index in [1.807, 2.05) is 24.3 Å². The number of rotatable bonds is 4. The van der Waals surface area contributed by atoms with Crippen LogP contribution in [0.3, 0.4) is 0 Å². The van der Waals surface area contributed by atoms with E-state index in [0.29, 0.717) is 16.9 Å². The SMILES string of the molecule is COc1cccc(-c2nc(Cl)c(Br)c(CC(C)C)n2)c1. The minimum absolute atomic E-state index is 0.438. The highest BCUT2D eigenvalue weighted by atomic mass is 79.9. The van der Waals surface area contributed by atoms with Crippen LogP contribution in [0.2, 0.25) is 5.15 Å². The molecule has 0 saturated heterocycles. The molecule has 2 rings (SSSR count). The number of methoxy groups -OCH3 is 1. The maximum atomic E-state index is 6.20. The summed E-state index contributed by atoms with van der Waals surface area (Å²) in [6.45, 7) is 4.29. The molecular weight excluding hydrogens is 340 g/mol. The number of hydrogen-bond acceptors (Lipinski definition) is 3. The van der Waals surface area contributed by atoms with Crippen molar-refractivity contribution in [2.24, 2.45) is 5.92 Å². The molecule has 0 radical (unpaired) electrons. The van der Waals surface area contributed by atoms with Crippen molar-refractivity contribution in [3.05, 3.63) is 39.6 Å². The second kappa shape index (κ2) is 6.55. The van der Waals surface area contributed by atoms with Gasteiger partial charge in [0.2, 0.25) is 0 Å². The van der Waals surface area contributed by atoms with E-state index in [2.05, 4.69) is 39.7 Å². The van der Waals surface area contributed by atoms with E-state index in [1.54, 1.807) is 7.11 Å². The zero-order valence-corrected chi connectivity index (χ0v) is 14.0. The molecule has 0 saturated carbocycles. The molecule has 106 valence electrons. The van der Waals surface area contributed by atoms with Crippen molar-refractivity contribution >= 4 is 27.5 Å². The fraction of sp³-hybridized carbons (Fsp3) is 0.333. The predicted octanol–water partition coefficient (Wildman–Crippen LogP) is 4.77. The van der Waals surface area contributed by atoms with Crippen LogP contribution in [0.15, 0.2) is 28.7 Å².